The number of hydrogen-bond donors (Lipinski definition) is 1. The van der Waals surface area contributed by atoms with Gasteiger partial charge in [-0.05, 0) is 41.1 Å². The van der Waals surface area contributed by atoms with Crippen LogP contribution in [0.25, 0.3) is 6.08 Å². The zero-order valence-corrected chi connectivity index (χ0v) is 9.82. The first-order chi connectivity index (χ1) is 7.13. The molecule has 4 nitrogen and oxygen atoms in total. The van der Waals surface area contributed by atoms with Gasteiger partial charge in [0.1, 0.15) is 10.4 Å². The molecule has 1 aromatic heterocycles. The topological polar surface area (TPSA) is 65.2 Å². The average Bonchev–Trinajstić information content (AvgIpc) is 2.17. The highest BCUT2D eigenvalue weighted by Gasteiger charge is 1.99. The van der Waals surface area contributed by atoms with E-state index in [1.807, 2.05) is 0 Å². The lowest BCUT2D eigenvalue weighted by Crippen LogP contribution is -1.99. The molecule has 0 radical (unpaired) electrons. The van der Waals surface area contributed by atoms with Crippen LogP contribution in [0, 0.1) is 0 Å². The number of nitrogen functional groups attached to an aromatic ring is 1. The smallest absolute Gasteiger partial charge is 0.330 e. The fourth-order valence-corrected chi connectivity index (χ4v) is 1.27. The fraction of sp³-hybridized carbons (Fsp3) is 0.200. The highest BCUT2D eigenvalue weighted by molar-refractivity contribution is 9.10. The van der Waals surface area contributed by atoms with Crippen molar-refractivity contribution in [1.82, 2.24) is 4.98 Å². The summed E-state index contributed by atoms with van der Waals surface area (Å²) in [5, 5.41) is 0. The van der Waals surface area contributed by atoms with Gasteiger partial charge in [-0.3, -0.25) is 0 Å². The predicted molar refractivity (Wildman–Crippen MR) is 62.0 cm³/mol. The number of nitrogens with two attached hydrogens (primary N) is 1. The number of carbonyl (C=O) groups is 1. The molecule has 15 heavy (non-hydrogen) atoms. The summed E-state index contributed by atoms with van der Waals surface area (Å²) < 4.78 is 5.39. The summed E-state index contributed by atoms with van der Waals surface area (Å²) >= 11 is 3.19. The number of halogens is 1. The lowest BCUT2D eigenvalue weighted by atomic mass is 10.2. The SMILES string of the molecule is CCOC(=O)/C=C/c1ccc(Br)nc1N. The van der Waals surface area contributed by atoms with Gasteiger partial charge >= 0.3 is 5.97 Å². The second-order valence-electron chi connectivity index (χ2n) is 2.69. The molecule has 0 fully saturated rings. The minimum atomic E-state index is -0.389. The molecule has 0 amide bonds. The standard InChI is InChI=1S/C10H11BrN2O2/c1-2-15-9(14)6-4-7-3-5-8(11)13-10(7)12/h3-6H,2H2,1H3,(H2,12,13)/b6-4+. The molecular weight excluding hydrogens is 260 g/mol. The first kappa shape index (κ1) is 11.7. The summed E-state index contributed by atoms with van der Waals surface area (Å²) in [5.74, 6) is -0.0234. The number of aromatic nitrogens is 1. The van der Waals surface area contributed by atoms with Crippen LogP contribution in [-0.4, -0.2) is 17.6 Å². The Morgan fingerprint density at radius 3 is 3.00 bits per heavy atom. The molecule has 0 aliphatic carbocycles. The molecule has 0 aromatic carbocycles. The van der Waals surface area contributed by atoms with Gasteiger partial charge in [-0.2, -0.15) is 0 Å². The molecule has 2 N–H and O–H groups in total. The van der Waals surface area contributed by atoms with Crippen LogP contribution in [0.2, 0.25) is 0 Å². The van der Waals surface area contributed by atoms with Gasteiger partial charge in [0.25, 0.3) is 0 Å². The Balaban J connectivity index is 2.76. The van der Waals surface area contributed by atoms with Gasteiger partial charge in [0.05, 0.1) is 6.61 Å². The van der Waals surface area contributed by atoms with E-state index >= 15 is 0 Å². The normalized spacial score (nSPS) is 10.5. The van der Waals surface area contributed by atoms with Gasteiger partial charge in [-0.25, -0.2) is 9.78 Å². The highest BCUT2D eigenvalue weighted by atomic mass is 79.9. The number of pyridine rings is 1. The maximum atomic E-state index is 11.0. The van der Waals surface area contributed by atoms with Crippen LogP contribution in [0.3, 0.4) is 0 Å². The van der Waals surface area contributed by atoms with Crippen molar-refractivity contribution in [3.8, 4) is 0 Å². The molecule has 0 aliphatic rings. The van der Waals surface area contributed by atoms with E-state index in [-0.39, 0.29) is 5.97 Å². The van der Waals surface area contributed by atoms with E-state index in [1.165, 1.54) is 6.08 Å². The van der Waals surface area contributed by atoms with Gasteiger partial charge in [0, 0.05) is 11.6 Å². The monoisotopic (exact) mass is 270 g/mol. The molecule has 1 aromatic rings. The van der Waals surface area contributed by atoms with Crippen LogP contribution >= 0.6 is 15.9 Å². The van der Waals surface area contributed by atoms with E-state index in [4.69, 9.17) is 10.5 Å². The minimum absolute atomic E-state index is 0.358. The third-order valence-corrected chi connectivity index (χ3v) is 2.05. The molecular formula is C10H11BrN2O2. The van der Waals surface area contributed by atoms with E-state index < -0.39 is 0 Å². The summed E-state index contributed by atoms with van der Waals surface area (Å²) in [7, 11) is 0. The summed E-state index contributed by atoms with van der Waals surface area (Å²) in [5.41, 5.74) is 6.32. The molecule has 5 heteroatoms. The third-order valence-electron chi connectivity index (χ3n) is 1.61. The lowest BCUT2D eigenvalue weighted by molar-refractivity contribution is -0.137. The second kappa shape index (κ2) is 5.50. The maximum absolute atomic E-state index is 11.0. The molecule has 80 valence electrons. The summed E-state index contributed by atoms with van der Waals surface area (Å²) in [6, 6.07) is 3.52. The van der Waals surface area contributed by atoms with Crippen LogP contribution in [-0.2, 0) is 9.53 Å². The van der Waals surface area contributed by atoms with Crippen molar-refractivity contribution in [3.63, 3.8) is 0 Å². The minimum Gasteiger partial charge on any atom is -0.463 e. The van der Waals surface area contributed by atoms with Gasteiger partial charge in [0.2, 0.25) is 0 Å². The van der Waals surface area contributed by atoms with Gasteiger partial charge in [0.15, 0.2) is 0 Å². The first-order valence-electron chi connectivity index (χ1n) is 4.40. The molecule has 0 saturated heterocycles. The molecule has 0 saturated carbocycles. The number of anilines is 1. The predicted octanol–water partition coefficient (Wildman–Crippen LogP) is 2.00. The lowest BCUT2D eigenvalue weighted by Gasteiger charge is -1.99. The molecule has 1 rings (SSSR count). The summed E-state index contributed by atoms with van der Waals surface area (Å²) in [6.45, 7) is 2.11. The Bertz CT molecular complexity index is 391. The molecule has 0 atom stereocenters. The first-order valence-corrected chi connectivity index (χ1v) is 5.19. The van der Waals surface area contributed by atoms with Crippen molar-refractivity contribution in [1.29, 1.82) is 0 Å². The van der Waals surface area contributed by atoms with Crippen LogP contribution in [0.1, 0.15) is 12.5 Å². The number of esters is 1. The Labute approximate surface area is 96.3 Å². The number of nitrogens with zero attached hydrogens (tertiary/aromatic N) is 1. The van der Waals surface area contributed by atoms with Crippen molar-refractivity contribution in [2.45, 2.75) is 6.92 Å². The third kappa shape index (κ3) is 3.71. The van der Waals surface area contributed by atoms with E-state index in [2.05, 4.69) is 20.9 Å². The Morgan fingerprint density at radius 2 is 2.40 bits per heavy atom. The Kier molecular flexibility index (Phi) is 4.30. The van der Waals surface area contributed by atoms with Gasteiger partial charge in [-0.1, -0.05) is 0 Å². The van der Waals surface area contributed by atoms with Gasteiger partial charge < -0.3 is 10.5 Å². The number of hydrogen-bond acceptors (Lipinski definition) is 4. The maximum Gasteiger partial charge on any atom is 0.330 e. The summed E-state index contributed by atoms with van der Waals surface area (Å²) in [4.78, 5) is 15.0. The van der Waals surface area contributed by atoms with Crippen molar-refractivity contribution >= 4 is 33.8 Å². The Morgan fingerprint density at radius 1 is 1.67 bits per heavy atom. The molecule has 1 heterocycles. The van der Waals surface area contributed by atoms with Crippen molar-refractivity contribution in [2.75, 3.05) is 12.3 Å². The van der Waals surface area contributed by atoms with E-state index in [9.17, 15) is 4.79 Å². The fourth-order valence-electron chi connectivity index (χ4n) is 0.950. The molecule has 0 bridgehead atoms. The van der Waals surface area contributed by atoms with Crippen molar-refractivity contribution in [3.05, 3.63) is 28.4 Å². The Hall–Kier alpha value is -1.36. The van der Waals surface area contributed by atoms with Crippen LogP contribution < -0.4 is 5.73 Å². The van der Waals surface area contributed by atoms with Crippen molar-refractivity contribution in [2.24, 2.45) is 0 Å². The number of rotatable bonds is 3. The molecule has 0 spiro atoms. The van der Waals surface area contributed by atoms with Crippen LogP contribution in [0.4, 0.5) is 5.82 Å². The molecule has 0 unspecified atom stereocenters. The zero-order chi connectivity index (χ0) is 11.3. The quantitative estimate of drug-likeness (QED) is 0.518. The van der Waals surface area contributed by atoms with E-state index in [0.29, 0.717) is 22.6 Å². The van der Waals surface area contributed by atoms with E-state index in [1.54, 1.807) is 25.1 Å². The van der Waals surface area contributed by atoms with Crippen molar-refractivity contribution < 1.29 is 9.53 Å². The average molecular weight is 271 g/mol. The number of ether oxygens (including phenoxy) is 1. The van der Waals surface area contributed by atoms with Crippen LogP contribution in [0.15, 0.2) is 22.8 Å². The largest absolute Gasteiger partial charge is 0.463 e. The van der Waals surface area contributed by atoms with E-state index in [0.717, 1.165) is 0 Å². The molecule has 0 aliphatic heterocycles. The second-order valence-corrected chi connectivity index (χ2v) is 3.51. The summed E-state index contributed by atoms with van der Waals surface area (Å²) in [6.07, 6.45) is 2.90. The van der Waals surface area contributed by atoms with Gasteiger partial charge in [-0.15, -0.1) is 0 Å². The zero-order valence-electron chi connectivity index (χ0n) is 8.24. The highest BCUT2D eigenvalue weighted by Crippen LogP contribution is 2.15. The van der Waals surface area contributed by atoms with Crippen LogP contribution in [0.5, 0.6) is 0 Å². The number of carbonyl (C=O) groups excluding carboxylic acids is 1.